The molecule has 0 fully saturated rings. The fraction of sp³-hybridized carbons (Fsp3) is 0.0741. The first kappa shape index (κ1) is 21.1. The van der Waals surface area contributed by atoms with Gasteiger partial charge < -0.3 is 14.6 Å². The van der Waals surface area contributed by atoms with E-state index in [0.717, 1.165) is 28.2 Å². The van der Waals surface area contributed by atoms with Crippen LogP contribution in [-0.2, 0) is 6.42 Å². The lowest BCUT2D eigenvalue weighted by atomic mass is 10.1. The molecule has 5 aromatic rings. The number of aromatic nitrogens is 2. The molecule has 2 aromatic carbocycles. The number of rotatable bonds is 5. The van der Waals surface area contributed by atoms with E-state index in [1.165, 1.54) is 12.5 Å². The monoisotopic (exact) mass is 480 g/mol. The van der Waals surface area contributed by atoms with Gasteiger partial charge in [-0.05, 0) is 59.8 Å². The van der Waals surface area contributed by atoms with Gasteiger partial charge in [0, 0.05) is 24.1 Å². The molecule has 0 unspecified atom stereocenters. The van der Waals surface area contributed by atoms with E-state index in [-0.39, 0.29) is 11.8 Å². The van der Waals surface area contributed by atoms with Crippen molar-refractivity contribution in [3.05, 3.63) is 108 Å². The van der Waals surface area contributed by atoms with Crippen molar-refractivity contribution in [1.82, 2.24) is 9.78 Å². The van der Waals surface area contributed by atoms with Crippen LogP contribution in [0.25, 0.3) is 16.3 Å². The Hall–Kier alpha value is -4.43. The fourth-order valence-electron chi connectivity index (χ4n) is 4.28. The summed E-state index contributed by atoms with van der Waals surface area (Å²) in [5, 5.41) is 9.70. The smallest absolute Gasteiger partial charge is 0.261 e. The predicted octanol–water partition coefficient (Wildman–Crippen LogP) is 5.65. The molecule has 0 aliphatic carbocycles. The third-order valence-electron chi connectivity index (χ3n) is 5.98. The number of thiophene rings is 1. The number of benzene rings is 2. The summed E-state index contributed by atoms with van der Waals surface area (Å²) in [4.78, 5) is 28.8. The second-order valence-electron chi connectivity index (χ2n) is 8.17. The van der Waals surface area contributed by atoms with Gasteiger partial charge in [-0.2, -0.15) is 5.10 Å². The SMILES string of the molecule is O=C(Nc1ccc2c(c1)CCN2C(=O)c1ccoc1)c1cn(-c2ccccc2)nc1-c1cccs1. The highest BCUT2D eigenvalue weighted by molar-refractivity contribution is 7.13. The van der Waals surface area contributed by atoms with E-state index in [4.69, 9.17) is 9.52 Å². The summed E-state index contributed by atoms with van der Waals surface area (Å²) < 4.78 is 6.78. The maximum atomic E-state index is 13.4. The van der Waals surface area contributed by atoms with Gasteiger partial charge in [0.2, 0.25) is 0 Å². The molecular weight excluding hydrogens is 460 g/mol. The number of nitrogens with one attached hydrogen (secondary N) is 1. The molecule has 35 heavy (non-hydrogen) atoms. The summed E-state index contributed by atoms with van der Waals surface area (Å²) in [7, 11) is 0. The molecule has 1 N–H and O–H groups in total. The van der Waals surface area contributed by atoms with Gasteiger partial charge in [-0.25, -0.2) is 4.68 Å². The predicted molar refractivity (Wildman–Crippen MR) is 135 cm³/mol. The summed E-state index contributed by atoms with van der Waals surface area (Å²) in [5.41, 5.74) is 5.07. The summed E-state index contributed by atoms with van der Waals surface area (Å²) in [6.45, 7) is 0.586. The zero-order valence-electron chi connectivity index (χ0n) is 18.5. The number of amides is 2. The van der Waals surface area contributed by atoms with Crippen LogP contribution in [0, 0.1) is 0 Å². The number of anilines is 2. The molecule has 0 atom stereocenters. The number of hydrogen-bond acceptors (Lipinski definition) is 5. The maximum Gasteiger partial charge on any atom is 0.261 e. The maximum absolute atomic E-state index is 13.4. The molecule has 4 heterocycles. The Morgan fingerprint density at radius 1 is 1.03 bits per heavy atom. The molecule has 7 nitrogen and oxygen atoms in total. The quantitative estimate of drug-likeness (QED) is 0.353. The summed E-state index contributed by atoms with van der Waals surface area (Å²) in [6, 6.07) is 20.9. The zero-order valence-corrected chi connectivity index (χ0v) is 19.4. The number of furan rings is 1. The molecular formula is C27H20N4O3S. The van der Waals surface area contributed by atoms with Crippen molar-refractivity contribution in [1.29, 1.82) is 0 Å². The lowest BCUT2D eigenvalue weighted by molar-refractivity contribution is 0.0987. The van der Waals surface area contributed by atoms with Gasteiger partial charge in [0.1, 0.15) is 12.0 Å². The molecule has 172 valence electrons. The molecule has 2 amide bonds. The Labute approximate surface area is 205 Å². The molecule has 0 spiro atoms. The Morgan fingerprint density at radius 2 is 1.91 bits per heavy atom. The van der Waals surface area contributed by atoms with Gasteiger partial charge in [0.05, 0.1) is 28.0 Å². The van der Waals surface area contributed by atoms with Gasteiger partial charge in [-0.1, -0.05) is 24.3 Å². The van der Waals surface area contributed by atoms with Gasteiger partial charge in [0.15, 0.2) is 0 Å². The summed E-state index contributed by atoms with van der Waals surface area (Å²) in [5.74, 6) is -0.331. The second-order valence-corrected chi connectivity index (χ2v) is 9.11. The van der Waals surface area contributed by atoms with Crippen LogP contribution < -0.4 is 10.2 Å². The lowest BCUT2D eigenvalue weighted by Crippen LogP contribution is -2.28. The number of para-hydroxylation sites is 1. The third kappa shape index (κ3) is 3.94. The second kappa shape index (κ2) is 8.73. The number of nitrogens with zero attached hydrogens (tertiary/aromatic N) is 3. The third-order valence-corrected chi connectivity index (χ3v) is 6.86. The van der Waals surface area contributed by atoms with Crippen LogP contribution in [0.2, 0.25) is 0 Å². The first-order valence-electron chi connectivity index (χ1n) is 11.1. The Bertz CT molecular complexity index is 1510. The van der Waals surface area contributed by atoms with E-state index in [1.54, 1.807) is 33.2 Å². The fourth-order valence-corrected chi connectivity index (χ4v) is 5.00. The van der Waals surface area contributed by atoms with Crippen LogP contribution in [0.1, 0.15) is 26.3 Å². The van der Waals surface area contributed by atoms with Gasteiger partial charge >= 0.3 is 0 Å². The van der Waals surface area contributed by atoms with Crippen LogP contribution in [0.15, 0.2) is 95.3 Å². The van der Waals surface area contributed by atoms with Crippen molar-refractivity contribution in [2.45, 2.75) is 6.42 Å². The number of fused-ring (bicyclic) bond motifs is 1. The molecule has 1 aliphatic rings. The first-order valence-corrected chi connectivity index (χ1v) is 12.0. The first-order chi connectivity index (χ1) is 17.2. The highest BCUT2D eigenvalue weighted by Gasteiger charge is 2.27. The summed E-state index contributed by atoms with van der Waals surface area (Å²) in [6.07, 6.45) is 5.43. The topological polar surface area (TPSA) is 80.4 Å². The van der Waals surface area contributed by atoms with Crippen LogP contribution in [-0.4, -0.2) is 28.1 Å². The van der Waals surface area contributed by atoms with Crippen molar-refractivity contribution in [2.24, 2.45) is 0 Å². The van der Waals surface area contributed by atoms with Crippen molar-refractivity contribution >= 4 is 34.5 Å². The molecule has 0 radical (unpaired) electrons. The number of hydrogen-bond donors (Lipinski definition) is 1. The number of carbonyl (C=O) groups excluding carboxylic acids is 2. The largest absolute Gasteiger partial charge is 0.472 e. The Kier molecular flexibility index (Phi) is 5.27. The van der Waals surface area contributed by atoms with Gasteiger partial charge in [-0.15, -0.1) is 11.3 Å². The average Bonchev–Trinajstić information content (AvgIpc) is 3.69. The van der Waals surface area contributed by atoms with Crippen molar-refractivity contribution in [2.75, 3.05) is 16.8 Å². The molecule has 8 heteroatoms. The van der Waals surface area contributed by atoms with Gasteiger partial charge in [0.25, 0.3) is 11.8 Å². The minimum Gasteiger partial charge on any atom is -0.472 e. The minimum atomic E-state index is -0.236. The van der Waals surface area contributed by atoms with E-state index in [1.807, 2.05) is 66.0 Å². The molecule has 0 bridgehead atoms. The minimum absolute atomic E-state index is 0.0943. The average molecular weight is 481 g/mol. The zero-order chi connectivity index (χ0) is 23.8. The van der Waals surface area contributed by atoms with E-state index in [9.17, 15) is 9.59 Å². The van der Waals surface area contributed by atoms with Crippen LogP contribution in [0.4, 0.5) is 11.4 Å². The van der Waals surface area contributed by atoms with Crippen LogP contribution in [0.3, 0.4) is 0 Å². The number of carbonyl (C=O) groups is 2. The van der Waals surface area contributed by atoms with E-state index in [2.05, 4.69) is 5.32 Å². The highest BCUT2D eigenvalue weighted by atomic mass is 32.1. The van der Waals surface area contributed by atoms with Crippen molar-refractivity contribution < 1.29 is 14.0 Å². The standard InChI is InChI=1S/C27H20N4O3S/c32-26(22-16-31(21-5-2-1-3-6-21)29-25(22)24-7-4-14-35-24)28-20-8-9-23-18(15-20)10-12-30(23)27(33)19-11-13-34-17-19/h1-9,11,13-17H,10,12H2,(H,28,32). The lowest BCUT2D eigenvalue weighted by Gasteiger charge is -2.16. The molecule has 6 rings (SSSR count). The van der Waals surface area contributed by atoms with Crippen molar-refractivity contribution in [3.63, 3.8) is 0 Å². The van der Waals surface area contributed by atoms with Crippen LogP contribution in [0.5, 0.6) is 0 Å². The molecule has 0 saturated heterocycles. The summed E-state index contributed by atoms with van der Waals surface area (Å²) >= 11 is 1.54. The van der Waals surface area contributed by atoms with E-state index >= 15 is 0 Å². The highest BCUT2D eigenvalue weighted by Crippen LogP contribution is 2.33. The van der Waals surface area contributed by atoms with Crippen LogP contribution >= 0.6 is 11.3 Å². The molecule has 0 saturated carbocycles. The van der Waals surface area contributed by atoms with Gasteiger partial charge in [-0.3, -0.25) is 9.59 Å². The normalized spacial score (nSPS) is 12.5. The Morgan fingerprint density at radius 3 is 2.69 bits per heavy atom. The molecule has 1 aliphatic heterocycles. The van der Waals surface area contributed by atoms with E-state index in [0.29, 0.717) is 29.1 Å². The molecule has 3 aromatic heterocycles. The van der Waals surface area contributed by atoms with E-state index < -0.39 is 0 Å². The Balaban J connectivity index is 1.28. The van der Waals surface area contributed by atoms with Crippen molar-refractivity contribution in [3.8, 4) is 16.3 Å².